The minimum absolute atomic E-state index is 0.255. The Morgan fingerprint density at radius 3 is 1.89 bits per heavy atom. The van der Waals surface area contributed by atoms with Gasteiger partial charge in [0, 0.05) is 27.8 Å². The van der Waals surface area contributed by atoms with E-state index in [4.69, 9.17) is 23.2 Å². The van der Waals surface area contributed by atoms with Crippen molar-refractivity contribution < 1.29 is 9.90 Å². The van der Waals surface area contributed by atoms with Crippen LogP contribution in [-0.4, -0.2) is 15.6 Å². The third-order valence-corrected chi connectivity index (χ3v) is 5.01. The number of carboxylic acids is 1. The second-order valence-corrected chi connectivity index (χ2v) is 6.95. The fourth-order valence-corrected chi connectivity index (χ4v) is 3.54. The second-order valence-electron chi connectivity index (χ2n) is 6.08. The summed E-state index contributed by atoms with van der Waals surface area (Å²) < 4.78 is 1.85. The molecule has 0 spiro atoms. The highest BCUT2D eigenvalue weighted by atomic mass is 35.5. The van der Waals surface area contributed by atoms with Crippen molar-refractivity contribution in [2.24, 2.45) is 0 Å². The Hall–Kier alpha value is -2.56. The summed E-state index contributed by atoms with van der Waals surface area (Å²) in [6, 6.07) is 13.6. The summed E-state index contributed by atoms with van der Waals surface area (Å²) in [5.74, 6) is -1.26. The molecule has 0 aliphatic rings. The molecule has 0 amide bonds. The fourth-order valence-electron chi connectivity index (χ4n) is 3.29. The summed E-state index contributed by atoms with van der Waals surface area (Å²) in [6.07, 6.45) is 0. The van der Waals surface area contributed by atoms with Gasteiger partial charge in [-0.05, 0) is 49.2 Å². The molecule has 0 bridgehead atoms. The van der Waals surface area contributed by atoms with Crippen LogP contribution in [0.5, 0.6) is 0 Å². The Morgan fingerprint density at radius 1 is 0.963 bits per heavy atom. The molecule has 1 aromatic heterocycles. The van der Waals surface area contributed by atoms with Crippen molar-refractivity contribution in [3.63, 3.8) is 0 Å². The number of pyridine rings is 1. The Bertz CT molecular complexity index is 1070. The van der Waals surface area contributed by atoms with E-state index in [0.717, 1.165) is 0 Å². The normalized spacial score (nSPS) is 10.8. The summed E-state index contributed by atoms with van der Waals surface area (Å²) >= 11 is 11.9. The Kier molecular flexibility index (Phi) is 5.40. The minimum atomic E-state index is -1.26. The molecule has 4 nitrogen and oxygen atoms in total. The lowest BCUT2D eigenvalue weighted by Crippen LogP contribution is -2.25. The summed E-state index contributed by atoms with van der Waals surface area (Å²) in [6.45, 7) is 4.24. The van der Waals surface area contributed by atoms with Gasteiger partial charge in [0.1, 0.15) is 5.56 Å². The first-order chi connectivity index (χ1) is 12.8. The predicted molar refractivity (Wildman–Crippen MR) is 109 cm³/mol. The standard InChI is InChI=1S/C21H17Cl2NO3/c1-3-24-12(2)17(13-4-8-15(22)9-5-13)20(25)18(21(26)27)19(24)14-6-10-16(23)11-7-14/h4-11H,3H2,1-2H3,(H,26,27). The summed E-state index contributed by atoms with van der Waals surface area (Å²) in [4.78, 5) is 25.2. The van der Waals surface area contributed by atoms with Gasteiger partial charge in [-0.15, -0.1) is 0 Å². The molecule has 0 saturated carbocycles. The maximum Gasteiger partial charge on any atom is 0.341 e. The molecule has 0 unspecified atom stereocenters. The van der Waals surface area contributed by atoms with E-state index in [0.29, 0.717) is 44.7 Å². The van der Waals surface area contributed by atoms with Crippen molar-refractivity contribution in [2.75, 3.05) is 0 Å². The predicted octanol–water partition coefficient (Wildman–Crippen LogP) is 5.52. The number of carbonyl (C=O) groups is 1. The molecule has 3 rings (SSSR count). The maximum absolute atomic E-state index is 13.2. The zero-order valence-electron chi connectivity index (χ0n) is 14.8. The topological polar surface area (TPSA) is 59.3 Å². The monoisotopic (exact) mass is 401 g/mol. The maximum atomic E-state index is 13.2. The quantitative estimate of drug-likeness (QED) is 0.626. The van der Waals surface area contributed by atoms with Gasteiger partial charge in [-0.2, -0.15) is 0 Å². The average molecular weight is 402 g/mol. The number of aromatic carboxylic acids is 1. The Balaban J connectivity index is 2.42. The third kappa shape index (κ3) is 3.51. The van der Waals surface area contributed by atoms with Crippen LogP contribution in [-0.2, 0) is 6.54 Å². The van der Waals surface area contributed by atoms with Crippen LogP contribution >= 0.6 is 23.2 Å². The van der Waals surface area contributed by atoms with E-state index in [9.17, 15) is 14.7 Å². The number of halogens is 2. The molecule has 2 aromatic carbocycles. The average Bonchev–Trinajstić information content (AvgIpc) is 2.63. The van der Waals surface area contributed by atoms with E-state index >= 15 is 0 Å². The third-order valence-electron chi connectivity index (χ3n) is 4.51. The van der Waals surface area contributed by atoms with Crippen molar-refractivity contribution in [1.29, 1.82) is 0 Å². The first kappa shape index (κ1) is 19.2. The van der Waals surface area contributed by atoms with Crippen LogP contribution in [0.1, 0.15) is 23.0 Å². The van der Waals surface area contributed by atoms with Crippen molar-refractivity contribution in [2.45, 2.75) is 20.4 Å². The number of aromatic nitrogens is 1. The Labute approximate surface area is 166 Å². The summed E-state index contributed by atoms with van der Waals surface area (Å²) in [5, 5.41) is 10.9. The first-order valence-electron chi connectivity index (χ1n) is 8.37. The zero-order valence-corrected chi connectivity index (χ0v) is 16.3. The van der Waals surface area contributed by atoms with Crippen molar-refractivity contribution in [3.8, 4) is 22.4 Å². The first-order valence-corrected chi connectivity index (χ1v) is 9.13. The number of hydrogen-bond donors (Lipinski definition) is 1. The smallest absolute Gasteiger partial charge is 0.341 e. The van der Waals surface area contributed by atoms with Crippen molar-refractivity contribution in [1.82, 2.24) is 4.57 Å². The molecule has 0 aliphatic carbocycles. The van der Waals surface area contributed by atoms with Gasteiger partial charge >= 0.3 is 5.97 Å². The highest BCUT2D eigenvalue weighted by Gasteiger charge is 2.25. The molecule has 0 aliphatic heterocycles. The molecule has 0 radical (unpaired) electrons. The number of benzene rings is 2. The van der Waals surface area contributed by atoms with Gasteiger partial charge in [0.05, 0.1) is 5.69 Å². The van der Waals surface area contributed by atoms with E-state index in [2.05, 4.69) is 0 Å². The Morgan fingerprint density at radius 2 is 1.44 bits per heavy atom. The molecule has 3 aromatic rings. The van der Waals surface area contributed by atoms with E-state index in [1.165, 1.54) is 0 Å². The highest BCUT2D eigenvalue weighted by molar-refractivity contribution is 6.31. The highest BCUT2D eigenvalue weighted by Crippen LogP contribution is 2.30. The lowest BCUT2D eigenvalue weighted by molar-refractivity contribution is 0.0695. The van der Waals surface area contributed by atoms with Crippen LogP contribution in [0.2, 0.25) is 10.0 Å². The van der Waals surface area contributed by atoms with Crippen LogP contribution in [0.4, 0.5) is 0 Å². The van der Waals surface area contributed by atoms with Gasteiger partial charge in [-0.1, -0.05) is 47.5 Å². The molecular formula is C21H17Cl2NO3. The molecule has 138 valence electrons. The van der Waals surface area contributed by atoms with Crippen LogP contribution < -0.4 is 5.43 Å². The molecule has 1 heterocycles. The number of nitrogens with zero attached hydrogens (tertiary/aromatic N) is 1. The molecular weight excluding hydrogens is 385 g/mol. The van der Waals surface area contributed by atoms with E-state index in [1.807, 2.05) is 18.4 Å². The van der Waals surface area contributed by atoms with E-state index < -0.39 is 11.4 Å². The van der Waals surface area contributed by atoms with Gasteiger partial charge in [0.15, 0.2) is 0 Å². The van der Waals surface area contributed by atoms with Crippen LogP contribution in [0.3, 0.4) is 0 Å². The lowest BCUT2D eigenvalue weighted by Gasteiger charge is -2.21. The van der Waals surface area contributed by atoms with Crippen molar-refractivity contribution >= 4 is 29.2 Å². The molecule has 0 saturated heterocycles. The van der Waals surface area contributed by atoms with Crippen LogP contribution in [0.25, 0.3) is 22.4 Å². The lowest BCUT2D eigenvalue weighted by atomic mass is 9.96. The van der Waals surface area contributed by atoms with Gasteiger partial charge in [-0.3, -0.25) is 4.79 Å². The zero-order chi connectivity index (χ0) is 19.7. The largest absolute Gasteiger partial charge is 0.477 e. The van der Waals surface area contributed by atoms with Crippen LogP contribution in [0.15, 0.2) is 53.3 Å². The summed E-state index contributed by atoms with van der Waals surface area (Å²) in [7, 11) is 0. The fraction of sp³-hybridized carbons (Fsp3) is 0.143. The van der Waals surface area contributed by atoms with Crippen molar-refractivity contribution in [3.05, 3.63) is 80.1 Å². The molecule has 0 fully saturated rings. The van der Waals surface area contributed by atoms with Gasteiger partial charge < -0.3 is 9.67 Å². The minimum Gasteiger partial charge on any atom is -0.477 e. The number of carboxylic acid groups (broad SMARTS) is 1. The molecule has 27 heavy (non-hydrogen) atoms. The number of rotatable bonds is 4. The number of hydrogen-bond acceptors (Lipinski definition) is 2. The van der Waals surface area contributed by atoms with Gasteiger partial charge in [-0.25, -0.2) is 4.79 Å². The second kappa shape index (κ2) is 7.59. The molecule has 0 atom stereocenters. The van der Waals surface area contributed by atoms with Gasteiger partial charge in [0.25, 0.3) is 0 Å². The van der Waals surface area contributed by atoms with E-state index in [-0.39, 0.29) is 5.56 Å². The van der Waals surface area contributed by atoms with E-state index in [1.54, 1.807) is 48.5 Å². The van der Waals surface area contributed by atoms with Crippen LogP contribution in [0, 0.1) is 6.92 Å². The van der Waals surface area contributed by atoms with Gasteiger partial charge in [0.2, 0.25) is 5.43 Å². The molecule has 1 N–H and O–H groups in total. The molecule has 6 heteroatoms. The SMILES string of the molecule is CCn1c(C)c(-c2ccc(Cl)cc2)c(=O)c(C(=O)O)c1-c1ccc(Cl)cc1. The summed E-state index contributed by atoms with van der Waals surface area (Å²) in [5.41, 5.74) is 1.92.